The highest BCUT2D eigenvalue weighted by molar-refractivity contribution is 7.80. The molecule has 182 valence electrons. The van der Waals surface area contributed by atoms with E-state index >= 15 is 0 Å². The Balaban J connectivity index is 1.37. The number of hydrogen-bond acceptors (Lipinski definition) is 4. The summed E-state index contributed by atoms with van der Waals surface area (Å²) in [6.45, 7) is 0.510. The van der Waals surface area contributed by atoms with E-state index in [4.69, 9.17) is 17.0 Å². The Hall–Kier alpha value is -4.17. The second kappa shape index (κ2) is 10.2. The number of thiocarbonyl (C=S) groups is 1. The zero-order valence-electron chi connectivity index (χ0n) is 19.8. The van der Waals surface area contributed by atoms with Crippen LogP contribution in [0.2, 0.25) is 0 Å². The molecule has 1 aliphatic rings. The molecule has 0 unspecified atom stereocenters. The van der Waals surface area contributed by atoms with Gasteiger partial charge in [0.05, 0.1) is 19.2 Å². The number of rotatable bonds is 8. The summed E-state index contributed by atoms with van der Waals surface area (Å²) in [7, 11) is 1.59. The molecule has 1 aliphatic heterocycles. The van der Waals surface area contributed by atoms with E-state index in [1.54, 1.807) is 31.4 Å². The zero-order chi connectivity index (χ0) is 25.1. The van der Waals surface area contributed by atoms with E-state index in [-0.39, 0.29) is 18.2 Å². The third kappa shape index (κ3) is 4.67. The van der Waals surface area contributed by atoms with Crippen LogP contribution < -0.4 is 15.0 Å². The van der Waals surface area contributed by atoms with Crippen LogP contribution in [-0.2, 0) is 16.0 Å². The average Bonchev–Trinajstić information content (AvgIpc) is 3.41. The fraction of sp³-hybridized carbons (Fsp3) is 0.179. The third-order valence-corrected chi connectivity index (χ3v) is 6.80. The van der Waals surface area contributed by atoms with Crippen LogP contribution in [0.1, 0.15) is 12.0 Å². The van der Waals surface area contributed by atoms with E-state index in [2.05, 4.69) is 16.4 Å². The second-order valence-corrected chi connectivity index (χ2v) is 8.96. The van der Waals surface area contributed by atoms with Gasteiger partial charge in [0.1, 0.15) is 11.8 Å². The summed E-state index contributed by atoms with van der Waals surface area (Å²) in [6, 6.07) is 23.8. The first-order valence-corrected chi connectivity index (χ1v) is 12.1. The van der Waals surface area contributed by atoms with Crippen LogP contribution in [0.4, 0.5) is 11.4 Å². The zero-order valence-corrected chi connectivity index (χ0v) is 20.6. The van der Waals surface area contributed by atoms with Gasteiger partial charge < -0.3 is 19.9 Å². The van der Waals surface area contributed by atoms with Crippen molar-refractivity contribution in [1.82, 2.24) is 9.88 Å². The van der Waals surface area contributed by atoms with Gasteiger partial charge in [-0.3, -0.25) is 14.5 Å². The first-order valence-electron chi connectivity index (χ1n) is 11.7. The van der Waals surface area contributed by atoms with Gasteiger partial charge in [-0.25, -0.2) is 0 Å². The minimum atomic E-state index is -0.693. The summed E-state index contributed by atoms with van der Waals surface area (Å²) in [5.74, 6) is 0.245. The number of H-pyrrole nitrogens is 1. The molecule has 0 aliphatic carbocycles. The predicted molar refractivity (Wildman–Crippen MR) is 145 cm³/mol. The fourth-order valence-electron chi connectivity index (χ4n) is 4.54. The van der Waals surface area contributed by atoms with Crippen molar-refractivity contribution in [1.29, 1.82) is 0 Å². The first-order chi connectivity index (χ1) is 17.5. The summed E-state index contributed by atoms with van der Waals surface area (Å²) in [5, 5.41) is 4.44. The molecule has 3 aromatic carbocycles. The molecule has 0 bridgehead atoms. The lowest BCUT2D eigenvalue weighted by Crippen LogP contribution is -2.39. The Kier molecular flexibility index (Phi) is 6.69. The summed E-state index contributed by atoms with van der Waals surface area (Å²) >= 11 is 5.78. The van der Waals surface area contributed by atoms with Crippen molar-refractivity contribution in [2.75, 3.05) is 23.9 Å². The quantitative estimate of drug-likeness (QED) is 0.343. The van der Waals surface area contributed by atoms with Crippen molar-refractivity contribution in [2.24, 2.45) is 0 Å². The van der Waals surface area contributed by atoms with E-state index in [1.165, 1.54) is 4.90 Å². The molecule has 1 atom stereocenters. The second-order valence-electron chi connectivity index (χ2n) is 8.59. The molecular formula is C28H26N4O3S. The van der Waals surface area contributed by atoms with Gasteiger partial charge in [-0.05, 0) is 66.7 Å². The number of benzene rings is 3. The highest BCUT2D eigenvalue weighted by Crippen LogP contribution is 2.28. The maximum atomic E-state index is 13.6. The number of para-hydroxylation sites is 2. The molecule has 0 saturated carbocycles. The largest absolute Gasteiger partial charge is 0.497 e. The maximum Gasteiger partial charge on any atom is 0.256 e. The number of anilines is 2. The number of nitrogens with zero attached hydrogens (tertiary/aromatic N) is 2. The van der Waals surface area contributed by atoms with Gasteiger partial charge in [-0.2, -0.15) is 0 Å². The van der Waals surface area contributed by atoms with Gasteiger partial charge in [0.2, 0.25) is 5.91 Å². The highest BCUT2D eigenvalue weighted by atomic mass is 32.1. The highest BCUT2D eigenvalue weighted by Gasteiger charge is 2.43. The Morgan fingerprint density at radius 1 is 1.03 bits per heavy atom. The SMILES string of the molecule is COc1ccc(NC(=O)C[C@H]2C(=O)N(c3ccccc3)C(=S)N2CCc2c[nH]c3ccccc23)cc1. The molecule has 8 heteroatoms. The van der Waals surface area contributed by atoms with Crippen molar-refractivity contribution < 1.29 is 14.3 Å². The molecule has 0 radical (unpaired) electrons. The maximum absolute atomic E-state index is 13.6. The molecule has 2 N–H and O–H groups in total. The van der Waals surface area contributed by atoms with Crippen LogP contribution >= 0.6 is 12.2 Å². The smallest absolute Gasteiger partial charge is 0.256 e. The molecule has 1 aromatic heterocycles. The van der Waals surface area contributed by atoms with Gasteiger partial charge in [0.15, 0.2) is 5.11 Å². The molecule has 36 heavy (non-hydrogen) atoms. The van der Waals surface area contributed by atoms with Crippen LogP contribution in [0.15, 0.2) is 85.1 Å². The van der Waals surface area contributed by atoms with Crippen molar-refractivity contribution in [3.63, 3.8) is 0 Å². The van der Waals surface area contributed by atoms with Gasteiger partial charge in [-0.15, -0.1) is 0 Å². The number of aromatic amines is 1. The lowest BCUT2D eigenvalue weighted by Gasteiger charge is -2.24. The number of methoxy groups -OCH3 is 1. The normalized spacial score (nSPS) is 15.5. The molecular weight excluding hydrogens is 472 g/mol. The van der Waals surface area contributed by atoms with Crippen LogP contribution in [0.5, 0.6) is 5.75 Å². The lowest BCUT2D eigenvalue weighted by atomic mass is 10.1. The molecule has 0 spiro atoms. The van der Waals surface area contributed by atoms with Crippen molar-refractivity contribution in [3.8, 4) is 5.75 Å². The molecule has 1 saturated heterocycles. The molecule has 5 rings (SSSR count). The minimum absolute atomic E-state index is 0.0117. The Morgan fingerprint density at radius 3 is 2.50 bits per heavy atom. The number of carbonyl (C=O) groups excluding carboxylic acids is 2. The number of fused-ring (bicyclic) bond motifs is 1. The topological polar surface area (TPSA) is 77.7 Å². The standard InChI is InChI=1S/C28H26N4O3S/c1-35-22-13-11-20(12-14-22)30-26(33)17-25-27(34)32(21-7-3-2-4-8-21)28(36)31(25)16-15-19-18-29-24-10-6-5-9-23(19)24/h2-14,18,25,29H,15-17H2,1H3,(H,30,33)/t25-/m0/s1. The van der Waals surface area contributed by atoms with Gasteiger partial charge in [0.25, 0.3) is 5.91 Å². The van der Waals surface area contributed by atoms with Gasteiger partial charge >= 0.3 is 0 Å². The summed E-state index contributed by atoms with van der Waals surface area (Å²) in [5.41, 5.74) is 3.54. The number of ether oxygens (including phenoxy) is 1. The van der Waals surface area contributed by atoms with Crippen molar-refractivity contribution in [3.05, 3.63) is 90.6 Å². The number of nitrogens with one attached hydrogen (secondary N) is 2. The van der Waals surface area contributed by atoms with E-state index in [0.29, 0.717) is 35.2 Å². The summed E-state index contributed by atoms with van der Waals surface area (Å²) in [6.07, 6.45) is 2.66. The number of aromatic nitrogens is 1. The molecule has 7 nitrogen and oxygen atoms in total. The minimum Gasteiger partial charge on any atom is -0.497 e. The van der Waals surface area contributed by atoms with Crippen LogP contribution in [-0.4, -0.2) is 46.5 Å². The van der Waals surface area contributed by atoms with Crippen LogP contribution in [0.3, 0.4) is 0 Å². The number of amides is 2. The van der Waals surface area contributed by atoms with Crippen LogP contribution in [0.25, 0.3) is 10.9 Å². The average molecular weight is 499 g/mol. The molecule has 4 aromatic rings. The van der Waals surface area contributed by atoms with Gasteiger partial charge in [0, 0.05) is 29.3 Å². The third-order valence-electron chi connectivity index (χ3n) is 6.38. The predicted octanol–water partition coefficient (Wildman–Crippen LogP) is 4.75. The van der Waals surface area contributed by atoms with E-state index in [0.717, 1.165) is 16.5 Å². The Labute approximate surface area is 214 Å². The Bertz CT molecular complexity index is 1400. The monoisotopic (exact) mass is 498 g/mol. The number of hydrogen-bond donors (Lipinski definition) is 2. The fourth-order valence-corrected chi connectivity index (χ4v) is 4.96. The lowest BCUT2D eigenvalue weighted by molar-refractivity contribution is -0.124. The van der Waals surface area contributed by atoms with Crippen LogP contribution in [0, 0.1) is 0 Å². The Morgan fingerprint density at radius 2 is 1.75 bits per heavy atom. The molecule has 1 fully saturated rings. The van der Waals surface area contributed by atoms with Crippen molar-refractivity contribution >= 4 is 51.4 Å². The van der Waals surface area contributed by atoms with E-state index < -0.39 is 6.04 Å². The van der Waals surface area contributed by atoms with Crippen molar-refractivity contribution in [2.45, 2.75) is 18.9 Å². The first kappa shape index (κ1) is 23.6. The summed E-state index contributed by atoms with van der Waals surface area (Å²) < 4.78 is 5.17. The van der Waals surface area contributed by atoms with E-state index in [1.807, 2.05) is 59.6 Å². The van der Waals surface area contributed by atoms with Gasteiger partial charge in [-0.1, -0.05) is 36.4 Å². The molecule has 2 heterocycles. The number of carbonyl (C=O) groups is 2. The summed E-state index contributed by atoms with van der Waals surface area (Å²) in [4.78, 5) is 33.3. The van der Waals surface area contributed by atoms with E-state index in [9.17, 15) is 9.59 Å². The molecule has 2 amide bonds.